The molecule has 1 heterocycles. The summed E-state index contributed by atoms with van der Waals surface area (Å²) in [6, 6.07) is 0. The van der Waals surface area contributed by atoms with Gasteiger partial charge in [0.2, 0.25) is 0 Å². The first-order valence-electron chi connectivity index (χ1n) is 5.40. The van der Waals surface area contributed by atoms with Gasteiger partial charge in [0.1, 0.15) is 5.60 Å². The number of rotatable bonds is 5. The van der Waals surface area contributed by atoms with Crippen LogP contribution in [-0.4, -0.2) is 40.4 Å². The first kappa shape index (κ1) is 16.5. The minimum atomic E-state index is 0. The van der Waals surface area contributed by atoms with Crippen molar-refractivity contribution in [3.63, 3.8) is 0 Å². The Balaban J connectivity index is 0. The largest absolute Gasteiger partial charge is 0.412 e. The molecule has 1 rings (SSSR count). The molecule has 14 heavy (non-hydrogen) atoms. The van der Waals surface area contributed by atoms with E-state index < -0.39 is 0 Å². The molecular formula is C10H26O3Si. The van der Waals surface area contributed by atoms with E-state index in [0.29, 0.717) is 9.52 Å². The molecule has 2 N–H and O–H groups in total. The predicted octanol–water partition coefficient (Wildman–Crippen LogP) is 1.02. The maximum absolute atomic E-state index is 5.38. The summed E-state index contributed by atoms with van der Waals surface area (Å²) < 4.78 is 10.5. The van der Waals surface area contributed by atoms with E-state index in [2.05, 4.69) is 26.9 Å². The molecule has 0 aromatic carbocycles. The van der Waals surface area contributed by atoms with E-state index in [0.717, 1.165) is 26.2 Å². The number of unbranched alkanes of at least 4 members (excludes halogenated alkanes) is 1. The smallest absolute Gasteiger partial charge is 0.112 e. The van der Waals surface area contributed by atoms with E-state index in [1.54, 1.807) is 0 Å². The zero-order valence-electron chi connectivity index (χ0n) is 10.1. The quantitative estimate of drug-likeness (QED) is 0.396. The molecule has 1 fully saturated rings. The van der Waals surface area contributed by atoms with E-state index >= 15 is 0 Å². The van der Waals surface area contributed by atoms with Gasteiger partial charge in [0.25, 0.3) is 0 Å². The van der Waals surface area contributed by atoms with Crippen LogP contribution in [0.4, 0.5) is 0 Å². The van der Waals surface area contributed by atoms with Crippen LogP contribution in [0.1, 0.15) is 26.7 Å². The van der Waals surface area contributed by atoms with Gasteiger partial charge in [0.05, 0.1) is 13.2 Å². The lowest BCUT2D eigenvalue weighted by atomic mass is 10.2. The van der Waals surface area contributed by atoms with Gasteiger partial charge in [-0.1, -0.05) is 26.4 Å². The standard InChI is InChI=1S/C8H16O2.C2H8Si.H2O/c1-3-4-5-9-6-8(2)7-10-8;1-3-2;/h3-7H2,1-2H3;3H2,1-2H3;1H2. The van der Waals surface area contributed by atoms with Gasteiger partial charge in [-0.15, -0.1) is 0 Å². The van der Waals surface area contributed by atoms with Crippen LogP contribution in [-0.2, 0) is 9.47 Å². The van der Waals surface area contributed by atoms with Crippen molar-refractivity contribution < 1.29 is 14.9 Å². The fraction of sp³-hybridized carbons (Fsp3) is 1.00. The Kier molecular flexibility index (Phi) is 11.4. The molecule has 0 saturated carbocycles. The Labute approximate surface area is 90.3 Å². The Bertz CT molecular complexity index is 116. The molecule has 0 spiro atoms. The zero-order chi connectivity index (χ0) is 10.2. The van der Waals surface area contributed by atoms with Crippen molar-refractivity contribution >= 4 is 9.52 Å². The first-order valence-corrected chi connectivity index (χ1v) is 8.23. The van der Waals surface area contributed by atoms with Crippen LogP contribution in [0.3, 0.4) is 0 Å². The van der Waals surface area contributed by atoms with E-state index in [-0.39, 0.29) is 11.1 Å². The summed E-state index contributed by atoms with van der Waals surface area (Å²) >= 11 is 0. The van der Waals surface area contributed by atoms with Gasteiger partial charge in [0, 0.05) is 16.1 Å². The predicted molar refractivity (Wildman–Crippen MR) is 64.0 cm³/mol. The van der Waals surface area contributed by atoms with Crippen LogP contribution in [0.25, 0.3) is 0 Å². The highest BCUT2D eigenvalue weighted by Gasteiger charge is 2.39. The van der Waals surface area contributed by atoms with Crippen LogP contribution in [0.5, 0.6) is 0 Å². The third-order valence-corrected chi connectivity index (χ3v) is 1.69. The van der Waals surface area contributed by atoms with Gasteiger partial charge in [-0.2, -0.15) is 0 Å². The minimum absolute atomic E-state index is 0. The lowest BCUT2D eigenvalue weighted by Crippen LogP contribution is -2.14. The summed E-state index contributed by atoms with van der Waals surface area (Å²) in [6.07, 6.45) is 2.37. The highest BCUT2D eigenvalue weighted by atomic mass is 28.2. The maximum atomic E-state index is 5.38. The molecule has 3 nitrogen and oxygen atoms in total. The van der Waals surface area contributed by atoms with E-state index in [1.165, 1.54) is 6.42 Å². The van der Waals surface area contributed by atoms with Crippen molar-refractivity contribution in [1.82, 2.24) is 0 Å². The normalized spacial score (nSPS) is 23.1. The Morgan fingerprint density at radius 2 is 1.93 bits per heavy atom. The summed E-state index contributed by atoms with van der Waals surface area (Å²) in [4.78, 5) is 0. The van der Waals surface area contributed by atoms with Gasteiger partial charge in [-0.3, -0.25) is 0 Å². The van der Waals surface area contributed by atoms with Crippen LogP contribution in [0, 0.1) is 0 Å². The van der Waals surface area contributed by atoms with Crippen LogP contribution >= 0.6 is 0 Å². The molecule has 0 aliphatic carbocycles. The molecule has 1 aliphatic heterocycles. The molecule has 1 unspecified atom stereocenters. The zero-order valence-corrected chi connectivity index (χ0v) is 11.5. The number of hydrogen-bond acceptors (Lipinski definition) is 2. The fourth-order valence-corrected chi connectivity index (χ4v) is 0.741. The monoisotopic (exact) mass is 222 g/mol. The second kappa shape index (κ2) is 9.64. The van der Waals surface area contributed by atoms with Gasteiger partial charge in [0.15, 0.2) is 0 Å². The van der Waals surface area contributed by atoms with Crippen molar-refractivity contribution in [2.75, 3.05) is 19.8 Å². The lowest BCUT2D eigenvalue weighted by molar-refractivity contribution is 0.0834. The van der Waals surface area contributed by atoms with E-state index in [1.807, 2.05) is 0 Å². The van der Waals surface area contributed by atoms with Gasteiger partial charge < -0.3 is 14.9 Å². The summed E-state index contributed by atoms with van der Waals surface area (Å²) in [5, 5.41) is 0. The van der Waals surface area contributed by atoms with Crippen LogP contribution in [0.2, 0.25) is 13.1 Å². The molecule has 0 amide bonds. The highest BCUT2D eigenvalue weighted by molar-refractivity contribution is 6.31. The molecule has 1 atom stereocenters. The molecule has 0 aromatic heterocycles. The minimum Gasteiger partial charge on any atom is -0.412 e. The average Bonchev–Trinajstić information content (AvgIpc) is 2.80. The third kappa shape index (κ3) is 10.2. The number of ether oxygens (including phenoxy) is 2. The fourth-order valence-electron chi connectivity index (χ4n) is 0.741. The molecular weight excluding hydrogens is 196 g/mol. The molecule has 0 bridgehead atoms. The first-order chi connectivity index (χ1) is 6.18. The second-order valence-corrected chi connectivity index (χ2v) is 5.27. The Hall–Kier alpha value is 0.0969. The maximum Gasteiger partial charge on any atom is 0.112 e. The van der Waals surface area contributed by atoms with Crippen molar-refractivity contribution in [2.45, 2.75) is 45.4 Å². The molecule has 1 saturated heterocycles. The Morgan fingerprint density at radius 1 is 1.43 bits per heavy atom. The van der Waals surface area contributed by atoms with Crippen molar-refractivity contribution in [1.29, 1.82) is 0 Å². The SMILES string of the molecule is CCCCOCC1(C)CO1.C[SiH2]C.O. The molecule has 1 aliphatic rings. The summed E-state index contributed by atoms with van der Waals surface area (Å²) in [7, 11) is 0.417. The van der Waals surface area contributed by atoms with Crippen LogP contribution < -0.4 is 0 Å². The van der Waals surface area contributed by atoms with Crippen molar-refractivity contribution in [3.8, 4) is 0 Å². The third-order valence-electron chi connectivity index (χ3n) is 1.69. The van der Waals surface area contributed by atoms with Crippen molar-refractivity contribution in [3.05, 3.63) is 0 Å². The number of epoxide rings is 1. The molecule has 88 valence electrons. The highest BCUT2D eigenvalue weighted by Crippen LogP contribution is 2.25. The van der Waals surface area contributed by atoms with Gasteiger partial charge in [-0.25, -0.2) is 0 Å². The average molecular weight is 222 g/mol. The van der Waals surface area contributed by atoms with Gasteiger partial charge in [-0.05, 0) is 13.3 Å². The Morgan fingerprint density at radius 3 is 2.29 bits per heavy atom. The molecule has 0 radical (unpaired) electrons. The molecule has 0 aromatic rings. The lowest BCUT2D eigenvalue weighted by Gasteiger charge is -2.04. The van der Waals surface area contributed by atoms with Crippen LogP contribution in [0.15, 0.2) is 0 Å². The topological polar surface area (TPSA) is 53.3 Å². The van der Waals surface area contributed by atoms with Crippen molar-refractivity contribution in [2.24, 2.45) is 0 Å². The van der Waals surface area contributed by atoms with Gasteiger partial charge >= 0.3 is 0 Å². The summed E-state index contributed by atoms with van der Waals surface area (Å²) in [6.45, 7) is 11.3. The summed E-state index contributed by atoms with van der Waals surface area (Å²) in [5.41, 5.74) is 0.0771. The summed E-state index contributed by atoms with van der Waals surface area (Å²) in [5.74, 6) is 0. The molecule has 4 heteroatoms. The number of hydrogen-bond donors (Lipinski definition) is 0. The van der Waals surface area contributed by atoms with E-state index in [9.17, 15) is 0 Å². The second-order valence-electron chi connectivity index (χ2n) is 3.85. The van der Waals surface area contributed by atoms with E-state index in [4.69, 9.17) is 9.47 Å².